The fourth-order valence-corrected chi connectivity index (χ4v) is 4.86. The zero-order valence-electron chi connectivity index (χ0n) is 19.5. The quantitative estimate of drug-likeness (QED) is 0.250. The Morgan fingerprint density at radius 1 is 1.23 bits per heavy atom. The number of anilines is 1. The maximum Gasteiger partial charge on any atom is 0.270 e. The lowest BCUT2D eigenvalue weighted by Gasteiger charge is -2.28. The van der Waals surface area contributed by atoms with Gasteiger partial charge in [-0.1, -0.05) is 23.5 Å². The van der Waals surface area contributed by atoms with E-state index in [0.29, 0.717) is 54.0 Å². The zero-order chi connectivity index (χ0) is 24.8. The summed E-state index contributed by atoms with van der Waals surface area (Å²) in [5, 5.41) is 11.6. The maximum atomic E-state index is 13.4. The lowest BCUT2D eigenvalue weighted by Crippen LogP contribution is -2.42. The van der Waals surface area contributed by atoms with E-state index in [9.17, 15) is 14.9 Å². The highest BCUT2D eigenvalue weighted by Gasteiger charge is 2.22. The van der Waals surface area contributed by atoms with Gasteiger partial charge in [0.15, 0.2) is 5.13 Å². The van der Waals surface area contributed by atoms with Crippen LogP contribution in [-0.2, 0) is 9.53 Å². The highest BCUT2D eigenvalue weighted by Crippen LogP contribution is 2.40. The van der Waals surface area contributed by atoms with Gasteiger partial charge >= 0.3 is 0 Å². The molecule has 1 saturated heterocycles. The molecule has 0 radical (unpaired) electrons. The van der Waals surface area contributed by atoms with Gasteiger partial charge in [0, 0.05) is 44.4 Å². The molecule has 35 heavy (non-hydrogen) atoms. The molecule has 0 spiro atoms. The van der Waals surface area contributed by atoms with Gasteiger partial charge in [0.25, 0.3) is 11.6 Å². The van der Waals surface area contributed by atoms with Crippen molar-refractivity contribution in [2.75, 3.05) is 58.5 Å². The van der Waals surface area contributed by atoms with E-state index in [1.165, 1.54) is 29.5 Å². The molecule has 2 heterocycles. The van der Waals surface area contributed by atoms with Crippen LogP contribution in [0.4, 0.5) is 10.8 Å². The molecule has 4 rings (SSSR count). The Bertz CT molecular complexity index is 1200. The Balaban J connectivity index is 1.64. The summed E-state index contributed by atoms with van der Waals surface area (Å²) < 4.78 is 17.2. The van der Waals surface area contributed by atoms with Gasteiger partial charge in [-0.05, 0) is 23.8 Å². The van der Waals surface area contributed by atoms with Crippen molar-refractivity contribution in [3.05, 3.63) is 58.2 Å². The second kappa shape index (κ2) is 11.3. The summed E-state index contributed by atoms with van der Waals surface area (Å²) in [7, 11) is 3.16. The first-order chi connectivity index (χ1) is 17.0. The minimum atomic E-state index is -0.463. The molecule has 1 fully saturated rings. The summed E-state index contributed by atoms with van der Waals surface area (Å²) in [6.45, 7) is 4.00. The third kappa shape index (κ3) is 5.76. The van der Waals surface area contributed by atoms with Crippen LogP contribution in [-0.4, -0.2) is 74.3 Å². The molecule has 0 bridgehead atoms. The normalized spacial score (nSPS) is 14.3. The lowest BCUT2D eigenvalue weighted by molar-refractivity contribution is -0.384. The Labute approximate surface area is 206 Å². The predicted octanol–water partition coefficient (Wildman–Crippen LogP) is 3.60. The third-order valence-corrected chi connectivity index (χ3v) is 6.73. The zero-order valence-corrected chi connectivity index (χ0v) is 20.3. The number of hydrogen-bond acceptors (Lipinski definition) is 9. The van der Waals surface area contributed by atoms with Crippen LogP contribution in [0.15, 0.2) is 42.5 Å². The molecule has 0 atom stereocenters. The van der Waals surface area contributed by atoms with Gasteiger partial charge in [-0.25, -0.2) is 4.98 Å². The van der Waals surface area contributed by atoms with Crippen LogP contribution < -0.4 is 14.4 Å². The van der Waals surface area contributed by atoms with Crippen LogP contribution in [0.2, 0.25) is 0 Å². The van der Waals surface area contributed by atoms with Crippen LogP contribution in [0.25, 0.3) is 16.3 Å². The Morgan fingerprint density at radius 2 is 1.97 bits per heavy atom. The van der Waals surface area contributed by atoms with Crippen molar-refractivity contribution >= 4 is 44.4 Å². The predicted molar refractivity (Wildman–Crippen MR) is 134 cm³/mol. The molecule has 11 heteroatoms. The molecule has 2 aromatic carbocycles. The van der Waals surface area contributed by atoms with E-state index in [2.05, 4.69) is 4.90 Å². The van der Waals surface area contributed by atoms with E-state index in [1.54, 1.807) is 43.4 Å². The summed E-state index contributed by atoms with van der Waals surface area (Å²) in [5.74, 6) is 0.968. The van der Waals surface area contributed by atoms with Gasteiger partial charge in [-0.2, -0.15) is 0 Å². The number of morpholine rings is 1. The third-order valence-electron chi connectivity index (χ3n) is 5.64. The van der Waals surface area contributed by atoms with Crippen molar-refractivity contribution in [2.45, 2.75) is 0 Å². The van der Waals surface area contributed by atoms with Crippen molar-refractivity contribution in [2.24, 2.45) is 0 Å². The number of benzene rings is 2. The summed E-state index contributed by atoms with van der Waals surface area (Å²) in [4.78, 5) is 32.6. The number of non-ortho nitro benzene ring substituents is 1. The van der Waals surface area contributed by atoms with Crippen LogP contribution >= 0.6 is 11.3 Å². The molecule has 0 aliphatic carbocycles. The Morgan fingerprint density at radius 3 is 2.69 bits per heavy atom. The van der Waals surface area contributed by atoms with E-state index < -0.39 is 4.92 Å². The van der Waals surface area contributed by atoms with Crippen molar-refractivity contribution in [3.8, 4) is 11.5 Å². The monoisotopic (exact) mass is 498 g/mol. The molecule has 0 saturated carbocycles. The fraction of sp³-hybridized carbons (Fsp3) is 0.333. The molecule has 1 aliphatic heterocycles. The molecule has 0 N–H and O–H groups in total. The van der Waals surface area contributed by atoms with Crippen molar-refractivity contribution in [1.82, 2.24) is 9.88 Å². The van der Waals surface area contributed by atoms with E-state index >= 15 is 0 Å². The number of nitrogens with zero attached hydrogens (tertiary/aromatic N) is 4. The number of fused-ring (bicyclic) bond motifs is 1. The van der Waals surface area contributed by atoms with Gasteiger partial charge in [-0.15, -0.1) is 0 Å². The minimum Gasteiger partial charge on any atom is -0.495 e. The van der Waals surface area contributed by atoms with Crippen LogP contribution in [0.5, 0.6) is 11.5 Å². The molecule has 1 amide bonds. The molecule has 0 unspecified atom stereocenters. The number of rotatable bonds is 9. The molecular formula is C24H26N4O6S. The maximum absolute atomic E-state index is 13.4. The van der Waals surface area contributed by atoms with E-state index in [0.717, 1.165) is 17.8 Å². The molecule has 1 aromatic heterocycles. The molecule has 1 aliphatic rings. The summed E-state index contributed by atoms with van der Waals surface area (Å²) in [6.07, 6.45) is 2.99. The smallest absolute Gasteiger partial charge is 0.270 e. The number of nitro groups is 1. The molecular weight excluding hydrogens is 472 g/mol. The molecule has 184 valence electrons. The number of amides is 1. The van der Waals surface area contributed by atoms with Crippen LogP contribution in [0.3, 0.4) is 0 Å². The number of ether oxygens (including phenoxy) is 3. The topological polar surface area (TPSA) is 107 Å². The van der Waals surface area contributed by atoms with E-state index in [-0.39, 0.29) is 11.6 Å². The van der Waals surface area contributed by atoms with Gasteiger partial charge in [0.05, 0.1) is 32.4 Å². The standard InChI is InChI=1S/C24H26N4O6S/c1-32-19-7-8-20(33-2)23-22(19)25-24(35-23)27(11-10-26-12-14-34-15-13-26)21(29)9-6-17-4-3-5-18(16-17)28(30)31/h3-9,16H,10-15H2,1-2H3/b9-6+. The van der Waals surface area contributed by atoms with Gasteiger partial charge in [0.1, 0.15) is 21.7 Å². The largest absolute Gasteiger partial charge is 0.495 e. The lowest BCUT2D eigenvalue weighted by atomic mass is 10.2. The SMILES string of the molecule is COc1ccc(OC)c2sc(N(CCN3CCOCC3)C(=O)/C=C/c3cccc([N+](=O)[O-])c3)nc12. The summed E-state index contributed by atoms with van der Waals surface area (Å²) in [5.41, 5.74) is 1.15. The van der Waals surface area contributed by atoms with Crippen LogP contribution in [0.1, 0.15) is 5.56 Å². The second-order valence-electron chi connectivity index (χ2n) is 7.77. The number of aromatic nitrogens is 1. The highest BCUT2D eigenvalue weighted by atomic mass is 32.1. The van der Waals surface area contributed by atoms with E-state index in [1.807, 2.05) is 6.07 Å². The van der Waals surface area contributed by atoms with E-state index in [4.69, 9.17) is 19.2 Å². The first kappa shape index (κ1) is 24.6. The average Bonchev–Trinajstić information content (AvgIpc) is 3.33. The fourth-order valence-electron chi connectivity index (χ4n) is 3.76. The Kier molecular flexibility index (Phi) is 7.91. The number of nitro benzene ring substituents is 1. The van der Waals surface area contributed by atoms with Crippen molar-refractivity contribution in [3.63, 3.8) is 0 Å². The highest BCUT2D eigenvalue weighted by molar-refractivity contribution is 7.22. The second-order valence-corrected chi connectivity index (χ2v) is 8.75. The Hall–Kier alpha value is -3.54. The van der Waals surface area contributed by atoms with Crippen molar-refractivity contribution in [1.29, 1.82) is 0 Å². The number of methoxy groups -OCH3 is 2. The van der Waals surface area contributed by atoms with Gasteiger partial charge in [0.2, 0.25) is 0 Å². The summed E-state index contributed by atoms with van der Waals surface area (Å²) in [6, 6.07) is 9.73. The van der Waals surface area contributed by atoms with Gasteiger partial charge in [-0.3, -0.25) is 24.7 Å². The van der Waals surface area contributed by atoms with Crippen molar-refractivity contribution < 1.29 is 23.9 Å². The number of hydrogen-bond donors (Lipinski definition) is 0. The number of thiazole rings is 1. The number of carbonyl (C=O) groups is 1. The minimum absolute atomic E-state index is 0.0332. The van der Waals surface area contributed by atoms with Crippen LogP contribution in [0, 0.1) is 10.1 Å². The molecule has 3 aromatic rings. The average molecular weight is 499 g/mol. The number of carbonyl (C=O) groups excluding carboxylic acids is 1. The first-order valence-corrected chi connectivity index (χ1v) is 11.9. The first-order valence-electron chi connectivity index (χ1n) is 11.1. The van der Waals surface area contributed by atoms with Gasteiger partial charge < -0.3 is 14.2 Å². The summed E-state index contributed by atoms with van der Waals surface area (Å²) >= 11 is 1.35. The molecule has 10 nitrogen and oxygen atoms in total.